The largest absolute Gasteiger partial charge is 0.323 e. The average molecular weight is 477 g/mol. The van der Waals surface area contributed by atoms with Crippen molar-refractivity contribution in [1.29, 1.82) is 0 Å². The van der Waals surface area contributed by atoms with Crippen LogP contribution in [0.3, 0.4) is 0 Å². The number of hydrogen-bond acceptors (Lipinski definition) is 5. The van der Waals surface area contributed by atoms with E-state index in [4.69, 9.17) is 0 Å². The molecule has 3 aromatic carbocycles. The predicted octanol–water partition coefficient (Wildman–Crippen LogP) is 4.35. The van der Waals surface area contributed by atoms with Gasteiger partial charge in [-0.3, -0.25) is 14.0 Å². The topological polar surface area (TPSA) is 81.3 Å². The normalized spacial score (nSPS) is 11.3. The number of anilines is 1. The summed E-state index contributed by atoms with van der Waals surface area (Å²) in [6.07, 6.45) is 0. The summed E-state index contributed by atoms with van der Waals surface area (Å²) in [5.41, 5.74) is 1.82. The molecular weight excluding hydrogens is 460 g/mol. The van der Waals surface area contributed by atoms with Gasteiger partial charge in [0.1, 0.15) is 11.6 Å². The van der Waals surface area contributed by atoms with Crippen LogP contribution >= 0.6 is 11.8 Å². The zero-order valence-electron chi connectivity index (χ0n) is 17.8. The molecule has 0 aliphatic heterocycles. The van der Waals surface area contributed by atoms with Gasteiger partial charge in [0.25, 0.3) is 5.56 Å². The molecule has 5 aromatic rings. The Morgan fingerprint density at radius 1 is 1.03 bits per heavy atom. The molecule has 10 heteroatoms. The number of aromatic nitrogens is 4. The van der Waals surface area contributed by atoms with Crippen molar-refractivity contribution in [2.45, 2.75) is 12.1 Å². The number of thioether (sulfide) groups is 1. The number of hydrogen-bond donors (Lipinski definition) is 1. The van der Waals surface area contributed by atoms with Gasteiger partial charge in [0.05, 0.1) is 28.0 Å². The summed E-state index contributed by atoms with van der Waals surface area (Å²) in [6.45, 7) is 1.90. The molecular formula is C24H17F2N5O2S. The number of nitrogens with one attached hydrogen (secondary N) is 1. The first kappa shape index (κ1) is 21.8. The minimum atomic E-state index is -0.862. The van der Waals surface area contributed by atoms with E-state index < -0.39 is 17.5 Å². The molecule has 34 heavy (non-hydrogen) atoms. The highest BCUT2D eigenvalue weighted by Crippen LogP contribution is 2.24. The van der Waals surface area contributed by atoms with Crippen LogP contribution in [0.2, 0.25) is 0 Å². The third-order valence-corrected chi connectivity index (χ3v) is 6.22. The van der Waals surface area contributed by atoms with E-state index in [-0.39, 0.29) is 17.0 Å². The van der Waals surface area contributed by atoms with Gasteiger partial charge < -0.3 is 5.32 Å². The maximum Gasteiger partial charge on any atom is 0.267 e. The zero-order chi connectivity index (χ0) is 23.8. The minimum absolute atomic E-state index is 0.102. The van der Waals surface area contributed by atoms with Crippen molar-refractivity contribution in [3.05, 3.63) is 94.3 Å². The van der Waals surface area contributed by atoms with Crippen LogP contribution in [0.25, 0.3) is 22.4 Å². The first-order valence-corrected chi connectivity index (χ1v) is 11.2. The summed E-state index contributed by atoms with van der Waals surface area (Å²) in [5.74, 6) is -1.88. The van der Waals surface area contributed by atoms with Gasteiger partial charge >= 0.3 is 0 Å². The van der Waals surface area contributed by atoms with E-state index in [0.29, 0.717) is 33.6 Å². The lowest BCUT2D eigenvalue weighted by atomic mass is 10.2. The Labute approximate surface area is 196 Å². The molecule has 0 fully saturated rings. The van der Waals surface area contributed by atoms with Crippen LogP contribution in [0.5, 0.6) is 0 Å². The summed E-state index contributed by atoms with van der Waals surface area (Å²) in [6, 6.07) is 17.5. The number of carbonyl (C=O) groups excluding carboxylic acids is 1. The van der Waals surface area contributed by atoms with E-state index in [9.17, 15) is 18.4 Å². The Balaban J connectivity index is 1.55. The van der Waals surface area contributed by atoms with Crippen molar-refractivity contribution in [3.8, 4) is 5.69 Å². The second kappa shape index (κ2) is 8.71. The minimum Gasteiger partial charge on any atom is -0.323 e. The summed E-state index contributed by atoms with van der Waals surface area (Å²) < 4.78 is 30.2. The van der Waals surface area contributed by atoms with Crippen molar-refractivity contribution in [3.63, 3.8) is 0 Å². The molecule has 0 aliphatic rings. The maximum atomic E-state index is 13.9. The molecule has 0 atom stereocenters. The maximum absolute atomic E-state index is 13.9. The Bertz CT molecular complexity index is 1630. The Kier molecular flexibility index (Phi) is 5.58. The lowest BCUT2D eigenvalue weighted by molar-refractivity contribution is -0.113. The van der Waals surface area contributed by atoms with Crippen molar-refractivity contribution < 1.29 is 13.6 Å². The fraction of sp³-hybridized carbons (Fsp3) is 0.0833. The van der Waals surface area contributed by atoms with E-state index in [2.05, 4.69) is 15.5 Å². The number of rotatable bonds is 5. The van der Waals surface area contributed by atoms with Gasteiger partial charge in [-0.05, 0) is 42.8 Å². The molecule has 0 spiro atoms. The SMILES string of the molecule is Cc1ccccc1-n1c(=O)c2ccccc2n2c(SCC(=O)Nc3ccc(F)cc3F)nnc12. The molecule has 1 N–H and O–H groups in total. The second-order valence-corrected chi connectivity index (χ2v) is 8.47. The highest BCUT2D eigenvalue weighted by atomic mass is 32.2. The van der Waals surface area contributed by atoms with Crippen LogP contribution in [-0.2, 0) is 4.79 Å². The van der Waals surface area contributed by atoms with Gasteiger partial charge in [0.2, 0.25) is 11.7 Å². The number of benzene rings is 3. The molecule has 0 unspecified atom stereocenters. The molecule has 0 bridgehead atoms. The van der Waals surface area contributed by atoms with Crippen LogP contribution in [-0.4, -0.2) is 30.8 Å². The number of aryl methyl sites for hydroxylation is 1. The molecule has 0 saturated carbocycles. The van der Waals surface area contributed by atoms with Gasteiger partial charge in [-0.25, -0.2) is 13.3 Å². The molecule has 170 valence electrons. The van der Waals surface area contributed by atoms with Gasteiger partial charge in [-0.2, -0.15) is 0 Å². The van der Waals surface area contributed by atoms with Gasteiger partial charge in [0, 0.05) is 6.07 Å². The van der Waals surface area contributed by atoms with Crippen LogP contribution in [0, 0.1) is 18.6 Å². The van der Waals surface area contributed by atoms with E-state index in [0.717, 1.165) is 29.5 Å². The van der Waals surface area contributed by atoms with E-state index in [1.54, 1.807) is 28.7 Å². The third kappa shape index (κ3) is 3.81. The smallest absolute Gasteiger partial charge is 0.267 e. The van der Waals surface area contributed by atoms with Gasteiger partial charge in [0.15, 0.2) is 5.16 Å². The van der Waals surface area contributed by atoms with Crippen LogP contribution in [0.1, 0.15) is 5.56 Å². The number of carbonyl (C=O) groups is 1. The number of nitrogens with zero attached hydrogens (tertiary/aromatic N) is 4. The van der Waals surface area contributed by atoms with E-state index in [1.807, 2.05) is 31.2 Å². The van der Waals surface area contributed by atoms with Crippen molar-refractivity contribution in [2.75, 3.05) is 11.1 Å². The fourth-order valence-electron chi connectivity index (χ4n) is 3.71. The van der Waals surface area contributed by atoms with Gasteiger partial charge in [-0.1, -0.05) is 42.1 Å². The van der Waals surface area contributed by atoms with Crippen LogP contribution in [0.4, 0.5) is 14.5 Å². The number of para-hydroxylation sites is 2. The van der Waals surface area contributed by atoms with Crippen LogP contribution in [0.15, 0.2) is 76.7 Å². The third-order valence-electron chi connectivity index (χ3n) is 5.29. The van der Waals surface area contributed by atoms with Gasteiger partial charge in [-0.15, -0.1) is 10.2 Å². The van der Waals surface area contributed by atoms with E-state index in [1.165, 1.54) is 4.57 Å². The zero-order valence-corrected chi connectivity index (χ0v) is 18.6. The molecule has 0 saturated heterocycles. The summed E-state index contributed by atoms with van der Waals surface area (Å²) in [4.78, 5) is 25.8. The highest BCUT2D eigenvalue weighted by molar-refractivity contribution is 7.99. The monoisotopic (exact) mass is 477 g/mol. The molecule has 0 aliphatic carbocycles. The van der Waals surface area contributed by atoms with Crippen molar-refractivity contribution in [2.24, 2.45) is 0 Å². The van der Waals surface area contributed by atoms with E-state index >= 15 is 0 Å². The number of amides is 1. The highest BCUT2D eigenvalue weighted by Gasteiger charge is 2.19. The lowest BCUT2D eigenvalue weighted by Gasteiger charge is -2.13. The molecule has 7 nitrogen and oxygen atoms in total. The quantitative estimate of drug-likeness (QED) is 0.381. The summed E-state index contributed by atoms with van der Waals surface area (Å²) >= 11 is 1.09. The molecule has 1 amide bonds. The number of fused-ring (bicyclic) bond motifs is 3. The Morgan fingerprint density at radius 3 is 2.59 bits per heavy atom. The fourth-order valence-corrected chi connectivity index (χ4v) is 4.45. The number of halogens is 2. The summed E-state index contributed by atoms with van der Waals surface area (Å²) in [7, 11) is 0. The van der Waals surface area contributed by atoms with Crippen LogP contribution < -0.4 is 10.9 Å². The second-order valence-electron chi connectivity index (χ2n) is 7.52. The van der Waals surface area contributed by atoms with Crippen molar-refractivity contribution >= 4 is 40.0 Å². The van der Waals surface area contributed by atoms with Crippen molar-refractivity contribution in [1.82, 2.24) is 19.2 Å². The molecule has 5 rings (SSSR count). The molecule has 2 aromatic heterocycles. The average Bonchev–Trinajstić information content (AvgIpc) is 3.25. The first-order chi connectivity index (χ1) is 16.4. The summed E-state index contributed by atoms with van der Waals surface area (Å²) in [5, 5.41) is 11.8. The Hall–Kier alpha value is -4.05. The molecule has 0 radical (unpaired) electrons. The Morgan fingerprint density at radius 2 is 1.79 bits per heavy atom. The first-order valence-electron chi connectivity index (χ1n) is 10.3. The standard InChI is InChI=1S/C24H17F2N5O2S/c1-14-6-2-4-8-19(14)30-22(33)16-7-3-5-9-20(16)31-23(30)28-29-24(31)34-13-21(32)27-18-11-10-15(25)12-17(18)26/h2-12H,13H2,1H3,(H,27,32). The lowest BCUT2D eigenvalue weighted by Crippen LogP contribution is -2.22. The molecule has 2 heterocycles. The predicted molar refractivity (Wildman–Crippen MR) is 127 cm³/mol.